The van der Waals surface area contributed by atoms with Gasteiger partial charge in [-0.3, -0.25) is 72.7 Å². The van der Waals surface area contributed by atoms with E-state index in [1.807, 2.05) is 63.2 Å². The van der Waals surface area contributed by atoms with Crippen LogP contribution in [0.4, 0.5) is 5.69 Å². The summed E-state index contributed by atoms with van der Waals surface area (Å²) in [5, 5.41) is 62.1. The van der Waals surface area contributed by atoms with Crippen molar-refractivity contribution < 1.29 is 72.5 Å². The van der Waals surface area contributed by atoms with E-state index in [1.165, 1.54) is 62.5 Å². The van der Waals surface area contributed by atoms with Gasteiger partial charge in [-0.2, -0.15) is 0 Å². The average molecular weight is 1650 g/mol. The first-order chi connectivity index (χ1) is 56.4. The van der Waals surface area contributed by atoms with Gasteiger partial charge in [0.15, 0.2) is 0 Å². The number of phenolic OH excluding ortho intramolecular Hbond substituents is 1. The van der Waals surface area contributed by atoms with Gasteiger partial charge in [-0.1, -0.05) is 118 Å². The summed E-state index contributed by atoms with van der Waals surface area (Å²) in [6.45, 7) is 8.22. The smallest absolute Gasteiger partial charge is 0.247 e. The van der Waals surface area contributed by atoms with Gasteiger partial charge in [0.2, 0.25) is 76.8 Å². The number of hydrogen-bond donors (Lipinski definition) is 16. The second-order valence-electron chi connectivity index (χ2n) is 29.9. The number of amidine groups is 1. The van der Waals surface area contributed by atoms with Crippen molar-refractivity contribution in [2.45, 2.75) is 210 Å². The number of likely N-dealkylation sites (N-methyl/N-ethyl adjacent to an activating group) is 1. The van der Waals surface area contributed by atoms with E-state index in [2.05, 4.69) is 63.5 Å². The summed E-state index contributed by atoms with van der Waals surface area (Å²) in [5.41, 5.74) is 14.0. The molecule has 7 rings (SSSR count). The summed E-state index contributed by atoms with van der Waals surface area (Å²) in [7, 11) is 1.23. The molecule has 0 bridgehead atoms. The number of unbranched alkanes of at least 4 members (excludes halogenated alkanes) is 3. The van der Waals surface area contributed by atoms with E-state index >= 15 is 19.2 Å². The number of halogens is 1. The Morgan fingerprint density at radius 2 is 1.11 bits per heavy atom. The molecule has 32 nitrogen and oxygen atoms in total. The summed E-state index contributed by atoms with van der Waals surface area (Å²) in [4.78, 5) is 191. The fraction of sp³-hybridized carbons (Fsp3) is 0.447. The summed E-state index contributed by atoms with van der Waals surface area (Å²) >= 11 is 6.27. The highest BCUT2D eigenvalue weighted by atomic mass is 35.5. The lowest BCUT2D eigenvalue weighted by Gasteiger charge is -2.33. The molecule has 13 amide bonds. The number of nitrogens with zero attached hydrogens (tertiary/aromatic N) is 3. The molecule has 10 atom stereocenters. The number of primary amides is 1. The van der Waals surface area contributed by atoms with Crippen LogP contribution in [0.25, 0.3) is 10.8 Å². The largest absolute Gasteiger partial charge is 0.508 e. The van der Waals surface area contributed by atoms with Crippen molar-refractivity contribution in [2.75, 3.05) is 38.6 Å². The van der Waals surface area contributed by atoms with Crippen LogP contribution < -0.4 is 70.0 Å². The van der Waals surface area contributed by atoms with E-state index in [4.69, 9.17) is 28.5 Å². The van der Waals surface area contributed by atoms with Crippen LogP contribution in [0.2, 0.25) is 5.02 Å². The highest BCUT2D eigenvalue weighted by molar-refractivity contribution is 6.30. The van der Waals surface area contributed by atoms with Crippen molar-refractivity contribution in [1.29, 1.82) is 5.41 Å². The first kappa shape index (κ1) is 93.3. The van der Waals surface area contributed by atoms with Gasteiger partial charge in [-0.25, -0.2) is 0 Å². The van der Waals surface area contributed by atoms with Crippen LogP contribution >= 0.6 is 11.6 Å². The number of rotatable bonds is 47. The number of amides is 13. The van der Waals surface area contributed by atoms with Crippen LogP contribution in [0.15, 0.2) is 140 Å². The average Bonchev–Trinajstić information content (AvgIpc) is 1.59. The number of hydrogen-bond acceptors (Lipinski definition) is 18. The van der Waals surface area contributed by atoms with Gasteiger partial charge in [-0.05, 0) is 159 Å². The molecule has 0 unspecified atom stereocenters. The number of nitrogens with one attached hydrogen (secondary N) is 12. The molecule has 0 saturated carbocycles. The van der Waals surface area contributed by atoms with Crippen molar-refractivity contribution in [3.8, 4) is 5.75 Å². The van der Waals surface area contributed by atoms with Crippen LogP contribution in [-0.2, 0) is 88.0 Å². The second-order valence-corrected chi connectivity index (χ2v) is 30.3. The zero-order valence-corrected chi connectivity index (χ0v) is 68.3. The zero-order valence-electron chi connectivity index (χ0n) is 67.6. The van der Waals surface area contributed by atoms with Crippen LogP contribution in [0.3, 0.4) is 0 Å². The third kappa shape index (κ3) is 30.3. The molecule has 5 aromatic carbocycles. The third-order valence-electron chi connectivity index (χ3n) is 20.1. The summed E-state index contributed by atoms with van der Waals surface area (Å²) in [6.07, 6.45) is 4.85. The quantitative estimate of drug-likeness (QED) is 0.0148. The maximum atomic E-state index is 15.4. The summed E-state index contributed by atoms with van der Waals surface area (Å²) < 4.78 is 0. The topological polar surface area (TPSA) is 490 Å². The summed E-state index contributed by atoms with van der Waals surface area (Å²) in [5.74, 6) is -9.95. The molecule has 6 aromatic rings. The Morgan fingerprint density at radius 3 is 1.71 bits per heavy atom. The number of carbonyl (C=O) groups excluding carboxylic acids is 13. The van der Waals surface area contributed by atoms with Gasteiger partial charge in [0, 0.05) is 100 Å². The van der Waals surface area contributed by atoms with Gasteiger partial charge < -0.3 is 90.0 Å². The van der Waals surface area contributed by atoms with Gasteiger partial charge in [0.1, 0.15) is 72.0 Å². The number of fused-ring (bicyclic) bond motifs is 1. The van der Waals surface area contributed by atoms with Crippen LogP contribution in [0.1, 0.15) is 146 Å². The maximum Gasteiger partial charge on any atom is 0.247 e. The standard InChI is InChI=1S/C85H112ClN17O15/c1-7-8-20-64(78(111)98-66(22-12-13-41-91-51(2)3)85(118)103-43-16-23-71(103)82(115)93-52(4)76(89)109)96-77(110)65(21-11-14-42-92-73(107)38-39-74(108)95-62-34-30-59(31-35-62)75(87)88)97-83(116)72(48-55-27-36-63(106)37-28-55)102(6)84(117)70(50-104)101-81(114)69(47-57-17-15-40-90-49-57)100-80(113)68(45-54-25-32-61(86)33-26-54)99-79(112)67(94-53(5)105)46-56-24-29-58-18-9-10-19-60(58)44-56/h9-10,15,17-19,24-37,40,44,49,51-52,64-72,91,104,106H,7-8,11-14,16,20-23,38-39,41-43,45-48,50H2,1-6H3,(H3,87,88)(H2,89,109)(H,92,107)(H,93,115)(H,94,105)(H,95,108)(H,96,110)(H,97,116)(H,98,111)(H,99,112)(H,100,113)(H,101,114)/t52-,64+,65-,66+,67-,68-,69-,70+,71+,72+/m1/s1. The van der Waals surface area contributed by atoms with Gasteiger partial charge in [0.25, 0.3) is 0 Å². The SMILES string of the molecule is CCCC[C@H](NC(=O)[C@@H](CCCCNC(=O)CCC(=O)Nc1ccc(C(=N)N)cc1)NC(=O)[C@H](Cc1ccc(O)cc1)N(C)C(=O)[C@H](CO)NC(=O)[C@@H](Cc1cccnc1)NC(=O)[C@@H](Cc1ccc(Cl)cc1)NC(=O)[C@@H](Cc1ccc2ccccc2c1)NC(C)=O)C(=O)N[C@@H](CCCCNC(C)C)C(=O)N1CCC[C@H]1C(=O)N[C@H](C)C(N)=O. The maximum absolute atomic E-state index is 15.4. The summed E-state index contributed by atoms with van der Waals surface area (Å²) in [6, 6.07) is 21.2. The van der Waals surface area contributed by atoms with Crippen molar-refractivity contribution in [2.24, 2.45) is 11.5 Å². The number of anilines is 1. The molecule has 0 radical (unpaired) electrons. The van der Waals surface area contributed by atoms with E-state index < -0.39 is 144 Å². The third-order valence-corrected chi connectivity index (χ3v) is 20.4. The minimum Gasteiger partial charge on any atom is -0.508 e. The van der Waals surface area contributed by atoms with Gasteiger partial charge in [0.05, 0.1) is 6.61 Å². The lowest BCUT2D eigenvalue weighted by atomic mass is 9.99. The molecule has 1 aliphatic heterocycles. The van der Waals surface area contributed by atoms with Gasteiger partial charge >= 0.3 is 0 Å². The predicted molar refractivity (Wildman–Crippen MR) is 446 cm³/mol. The molecule has 0 spiro atoms. The monoisotopic (exact) mass is 1650 g/mol. The first-order valence-corrected chi connectivity index (χ1v) is 40.3. The molecule has 33 heteroatoms. The number of nitrogens with two attached hydrogens (primary N) is 2. The Balaban J connectivity index is 1.15. The molecule has 118 heavy (non-hydrogen) atoms. The van der Waals surface area contributed by atoms with E-state index in [0.29, 0.717) is 77.2 Å². The van der Waals surface area contributed by atoms with Crippen molar-refractivity contribution in [3.05, 3.63) is 173 Å². The fourth-order valence-corrected chi connectivity index (χ4v) is 13.6. The number of nitrogen functional groups attached to an aromatic ring is 1. The predicted octanol–water partition coefficient (Wildman–Crippen LogP) is 3.43. The lowest BCUT2D eigenvalue weighted by Crippen LogP contribution is -2.61. The molecule has 1 aromatic heterocycles. The van der Waals surface area contributed by atoms with Crippen molar-refractivity contribution in [3.63, 3.8) is 0 Å². The Labute approximate surface area is 691 Å². The Bertz CT molecular complexity index is 4430. The number of pyridine rings is 1. The molecule has 1 saturated heterocycles. The molecular formula is C85H112ClN17O15. The number of aliphatic hydroxyl groups is 1. The fourth-order valence-electron chi connectivity index (χ4n) is 13.5. The number of aliphatic hydroxyl groups excluding tert-OH is 1. The zero-order chi connectivity index (χ0) is 86.0. The molecule has 1 aliphatic rings. The van der Waals surface area contributed by atoms with E-state index in [9.17, 15) is 53.4 Å². The second kappa shape index (κ2) is 47.3. The van der Waals surface area contributed by atoms with Crippen LogP contribution in [-0.4, -0.2) is 207 Å². The first-order valence-electron chi connectivity index (χ1n) is 39.9. The van der Waals surface area contributed by atoms with Crippen LogP contribution in [0, 0.1) is 5.41 Å². The number of carbonyl (C=O) groups is 13. The van der Waals surface area contributed by atoms with E-state index in [0.717, 1.165) is 15.7 Å². The molecule has 2 heterocycles. The van der Waals surface area contributed by atoms with Gasteiger partial charge in [-0.15, -0.1) is 0 Å². The minimum absolute atomic E-state index is 0.0206. The normalized spacial score (nSPS) is 14.7. The molecular weight excluding hydrogens is 1530 g/mol. The van der Waals surface area contributed by atoms with Crippen LogP contribution in [0.5, 0.6) is 5.75 Å². The highest BCUT2D eigenvalue weighted by Gasteiger charge is 2.41. The Kier molecular flexibility index (Phi) is 37.4. The molecule has 1 fully saturated rings. The number of aromatic hydroxyl groups is 1. The lowest BCUT2D eigenvalue weighted by molar-refractivity contribution is -0.144. The number of benzene rings is 5. The Morgan fingerprint density at radius 1 is 0.576 bits per heavy atom. The number of likely N-dealkylation sites (tertiary alicyclic amines) is 1. The molecule has 0 aliphatic carbocycles. The minimum atomic E-state index is -1.85. The highest BCUT2D eigenvalue weighted by Crippen LogP contribution is 2.24. The molecule has 634 valence electrons. The van der Waals surface area contributed by atoms with Crippen molar-refractivity contribution in [1.82, 2.24) is 68.0 Å². The number of aromatic nitrogens is 1. The molecule has 18 N–H and O–H groups in total. The van der Waals surface area contributed by atoms with Crippen molar-refractivity contribution >= 4 is 111 Å². The van der Waals surface area contributed by atoms with E-state index in [-0.39, 0.29) is 108 Å². The van der Waals surface area contributed by atoms with E-state index in [1.54, 1.807) is 60.7 Å². The number of phenols is 1. The Hall–Kier alpha value is -11.9.